The minimum atomic E-state index is -1.05. The van der Waals surface area contributed by atoms with Crippen LogP contribution in [0.1, 0.15) is 15.2 Å². The van der Waals surface area contributed by atoms with Gasteiger partial charge in [-0.05, 0) is 59.0 Å². The Hall–Kier alpha value is -2.20. The van der Waals surface area contributed by atoms with Gasteiger partial charge in [0.25, 0.3) is 11.8 Å². The molecule has 2 N–H and O–H groups in total. The summed E-state index contributed by atoms with van der Waals surface area (Å²) >= 11 is 3.31. The molecule has 23 heavy (non-hydrogen) atoms. The highest BCUT2D eigenvalue weighted by Crippen LogP contribution is 2.24. The molecule has 1 aliphatic heterocycles. The number of hydrogen-bond acceptors (Lipinski definition) is 4. The Morgan fingerprint density at radius 2 is 1.96 bits per heavy atom. The zero-order chi connectivity index (χ0) is 16.6. The molecule has 116 valence electrons. The number of carbonyl (C=O) groups excluding carboxylic acids is 2. The number of aromatic carboxylic acids is 1. The number of carboxylic acids is 1. The van der Waals surface area contributed by atoms with E-state index in [0.717, 1.165) is 14.9 Å². The first-order chi connectivity index (χ1) is 11.0. The Labute approximate surface area is 148 Å². The topological polar surface area (TPSA) is 86.7 Å². The molecule has 0 bridgehead atoms. The molecule has 1 aliphatic rings. The van der Waals surface area contributed by atoms with Crippen molar-refractivity contribution in [2.75, 3.05) is 5.01 Å². The number of nitrogens with one attached hydrogen (secondary N) is 1. The maximum Gasteiger partial charge on any atom is 0.336 e. The molecule has 0 aliphatic carbocycles. The molecule has 0 atom stereocenters. The van der Waals surface area contributed by atoms with Gasteiger partial charge in [0.1, 0.15) is 5.57 Å². The van der Waals surface area contributed by atoms with Crippen molar-refractivity contribution in [2.24, 2.45) is 0 Å². The van der Waals surface area contributed by atoms with Gasteiger partial charge in [-0.3, -0.25) is 15.0 Å². The van der Waals surface area contributed by atoms with E-state index in [1.54, 1.807) is 12.1 Å². The predicted octanol–water partition coefficient (Wildman–Crippen LogP) is 2.51. The first-order valence-corrected chi connectivity index (χ1v) is 8.36. The van der Waals surface area contributed by atoms with Gasteiger partial charge < -0.3 is 5.11 Å². The normalized spacial score (nSPS) is 16.0. The lowest BCUT2D eigenvalue weighted by molar-refractivity contribution is -0.117. The minimum Gasteiger partial charge on any atom is -0.478 e. The summed E-state index contributed by atoms with van der Waals surface area (Å²) in [5, 5.41) is 11.5. The highest BCUT2D eigenvalue weighted by atomic mass is 127. The summed E-state index contributed by atoms with van der Waals surface area (Å²) < 4.78 is 1.01. The maximum atomic E-state index is 12.4. The lowest BCUT2D eigenvalue weighted by Crippen LogP contribution is -2.35. The van der Waals surface area contributed by atoms with Gasteiger partial charge in [-0.15, -0.1) is 11.3 Å². The Morgan fingerprint density at radius 3 is 2.57 bits per heavy atom. The molecule has 1 aromatic heterocycles. The Morgan fingerprint density at radius 1 is 1.26 bits per heavy atom. The lowest BCUT2D eigenvalue weighted by atomic mass is 10.2. The van der Waals surface area contributed by atoms with Crippen LogP contribution in [0.15, 0.2) is 41.3 Å². The summed E-state index contributed by atoms with van der Waals surface area (Å²) in [4.78, 5) is 35.8. The molecule has 0 saturated carbocycles. The number of halogens is 1. The van der Waals surface area contributed by atoms with Crippen molar-refractivity contribution >= 4 is 63.5 Å². The van der Waals surface area contributed by atoms with Crippen LogP contribution in [0.4, 0.5) is 5.69 Å². The summed E-state index contributed by atoms with van der Waals surface area (Å²) in [6, 6.07) is 8.55. The third-order valence-electron chi connectivity index (χ3n) is 3.13. The fourth-order valence-electron chi connectivity index (χ4n) is 2.01. The second-order valence-corrected chi connectivity index (χ2v) is 6.85. The van der Waals surface area contributed by atoms with Gasteiger partial charge in [0, 0.05) is 13.8 Å². The standard InChI is InChI=1S/C15H9IN2O4S/c16-9-1-3-10(4-2-9)18-14(20)12(13(19)17-18)6-11-5-8(7-23-11)15(21)22/h1-7H,(H,17,19)(H,21,22)/b12-6+. The van der Waals surface area contributed by atoms with E-state index in [4.69, 9.17) is 5.11 Å². The van der Waals surface area contributed by atoms with Crippen LogP contribution in [0.2, 0.25) is 0 Å². The van der Waals surface area contributed by atoms with E-state index in [0.29, 0.717) is 10.6 Å². The average molecular weight is 440 g/mol. The molecule has 8 heteroatoms. The van der Waals surface area contributed by atoms with E-state index in [1.807, 2.05) is 12.1 Å². The van der Waals surface area contributed by atoms with Gasteiger partial charge in [0.2, 0.25) is 0 Å². The van der Waals surface area contributed by atoms with Crippen LogP contribution >= 0.6 is 33.9 Å². The summed E-state index contributed by atoms with van der Waals surface area (Å²) in [6.07, 6.45) is 1.40. The molecule has 0 spiro atoms. The van der Waals surface area contributed by atoms with Crippen LogP contribution in [0, 0.1) is 3.57 Å². The van der Waals surface area contributed by atoms with Crippen LogP contribution in [0.25, 0.3) is 6.08 Å². The van der Waals surface area contributed by atoms with E-state index in [9.17, 15) is 14.4 Å². The fraction of sp³-hybridized carbons (Fsp3) is 0. The first kappa shape index (κ1) is 15.7. The molecule has 1 saturated heterocycles. The molecule has 1 aromatic carbocycles. The second-order valence-electron chi connectivity index (χ2n) is 4.66. The molecule has 6 nitrogen and oxygen atoms in total. The number of hydrazine groups is 1. The van der Waals surface area contributed by atoms with E-state index in [1.165, 1.54) is 22.5 Å². The Kier molecular flexibility index (Phi) is 4.18. The van der Waals surface area contributed by atoms with Gasteiger partial charge >= 0.3 is 5.97 Å². The zero-order valence-electron chi connectivity index (χ0n) is 11.4. The van der Waals surface area contributed by atoms with Gasteiger partial charge in [0.15, 0.2) is 0 Å². The van der Waals surface area contributed by atoms with Crippen molar-refractivity contribution in [1.82, 2.24) is 5.43 Å². The molecule has 2 aromatic rings. The molecular formula is C15H9IN2O4S. The second kappa shape index (κ2) is 6.13. The lowest BCUT2D eigenvalue weighted by Gasteiger charge is -2.14. The number of carbonyl (C=O) groups is 3. The van der Waals surface area contributed by atoms with Crippen molar-refractivity contribution < 1.29 is 19.5 Å². The average Bonchev–Trinajstić information content (AvgIpc) is 3.09. The summed E-state index contributed by atoms with van der Waals surface area (Å²) in [5.41, 5.74) is 3.16. The SMILES string of the molecule is O=C1NN(c2ccc(I)cc2)C(=O)/C1=C/c1cc(C(=O)O)cs1. The number of hydrogen-bond donors (Lipinski definition) is 2. The molecule has 2 amide bonds. The maximum absolute atomic E-state index is 12.4. The third-order valence-corrected chi connectivity index (χ3v) is 4.73. The first-order valence-electron chi connectivity index (χ1n) is 6.40. The summed E-state index contributed by atoms with van der Waals surface area (Å²) in [7, 11) is 0. The monoisotopic (exact) mass is 440 g/mol. The van der Waals surface area contributed by atoms with E-state index in [-0.39, 0.29) is 11.1 Å². The third kappa shape index (κ3) is 3.13. The van der Waals surface area contributed by atoms with Gasteiger partial charge in [0.05, 0.1) is 11.3 Å². The van der Waals surface area contributed by atoms with Gasteiger partial charge in [-0.1, -0.05) is 0 Å². The largest absolute Gasteiger partial charge is 0.478 e. The number of amides is 2. The van der Waals surface area contributed by atoms with Crippen LogP contribution in [-0.2, 0) is 9.59 Å². The van der Waals surface area contributed by atoms with E-state index < -0.39 is 17.8 Å². The molecule has 0 unspecified atom stereocenters. The van der Waals surface area contributed by atoms with Crippen LogP contribution in [0.5, 0.6) is 0 Å². The molecule has 2 heterocycles. The van der Waals surface area contributed by atoms with Crippen molar-refractivity contribution in [3.63, 3.8) is 0 Å². The molecular weight excluding hydrogens is 431 g/mol. The van der Waals surface area contributed by atoms with E-state index >= 15 is 0 Å². The molecule has 0 radical (unpaired) electrons. The van der Waals surface area contributed by atoms with Crippen LogP contribution < -0.4 is 10.4 Å². The van der Waals surface area contributed by atoms with Crippen molar-refractivity contribution in [3.05, 3.63) is 55.3 Å². The fourth-order valence-corrected chi connectivity index (χ4v) is 3.18. The zero-order valence-corrected chi connectivity index (χ0v) is 14.4. The number of carboxylic acid groups (broad SMARTS) is 1. The Balaban J connectivity index is 1.90. The van der Waals surface area contributed by atoms with Crippen molar-refractivity contribution in [2.45, 2.75) is 0 Å². The smallest absolute Gasteiger partial charge is 0.336 e. The molecule has 3 rings (SSSR count). The van der Waals surface area contributed by atoms with Crippen LogP contribution in [-0.4, -0.2) is 22.9 Å². The van der Waals surface area contributed by atoms with Crippen molar-refractivity contribution in [3.8, 4) is 0 Å². The quantitative estimate of drug-likeness (QED) is 0.437. The molecule has 1 fully saturated rings. The summed E-state index contributed by atoms with van der Waals surface area (Å²) in [6.45, 7) is 0. The minimum absolute atomic E-state index is 0.0256. The van der Waals surface area contributed by atoms with Crippen molar-refractivity contribution in [1.29, 1.82) is 0 Å². The number of rotatable bonds is 3. The highest BCUT2D eigenvalue weighted by molar-refractivity contribution is 14.1. The Bertz CT molecular complexity index is 841. The summed E-state index contributed by atoms with van der Waals surface area (Å²) in [5.74, 6) is -2.03. The van der Waals surface area contributed by atoms with E-state index in [2.05, 4.69) is 28.0 Å². The van der Waals surface area contributed by atoms with Gasteiger partial charge in [-0.25, -0.2) is 9.80 Å². The number of anilines is 1. The van der Waals surface area contributed by atoms with Gasteiger partial charge in [-0.2, -0.15) is 0 Å². The number of nitrogens with zero attached hydrogens (tertiary/aromatic N) is 1. The highest BCUT2D eigenvalue weighted by Gasteiger charge is 2.34. The number of thiophene rings is 1. The number of benzene rings is 1. The predicted molar refractivity (Wildman–Crippen MR) is 94.0 cm³/mol. The van der Waals surface area contributed by atoms with Crippen LogP contribution in [0.3, 0.4) is 0 Å².